The summed E-state index contributed by atoms with van der Waals surface area (Å²) in [5.74, 6) is 1.54. The van der Waals surface area contributed by atoms with Gasteiger partial charge in [0.15, 0.2) is 11.9 Å². The molecule has 0 bridgehead atoms. The Morgan fingerprint density at radius 3 is 2.80 bits per heavy atom. The second kappa shape index (κ2) is 5.83. The summed E-state index contributed by atoms with van der Waals surface area (Å²) in [6.45, 7) is 2.62. The van der Waals surface area contributed by atoms with Crippen molar-refractivity contribution in [2.75, 3.05) is 0 Å². The molecule has 5 nitrogen and oxygen atoms in total. The van der Waals surface area contributed by atoms with Crippen LogP contribution in [0.2, 0.25) is 0 Å². The van der Waals surface area contributed by atoms with Crippen LogP contribution in [0.4, 0.5) is 0 Å². The van der Waals surface area contributed by atoms with Crippen molar-refractivity contribution in [2.24, 2.45) is 0 Å². The fourth-order valence-corrected chi connectivity index (χ4v) is 2.61. The van der Waals surface area contributed by atoms with Crippen LogP contribution in [0.15, 0.2) is 47.8 Å². The van der Waals surface area contributed by atoms with Gasteiger partial charge in [0.2, 0.25) is 0 Å². The summed E-state index contributed by atoms with van der Waals surface area (Å²) >= 11 is 1.69. The maximum atomic E-state index is 5.86. The lowest BCUT2D eigenvalue weighted by molar-refractivity contribution is 0.210. The van der Waals surface area contributed by atoms with Gasteiger partial charge < -0.3 is 4.74 Å². The molecule has 102 valence electrons. The van der Waals surface area contributed by atoms with Crippen molar-refractivity contribution in [3.8, 4) is 5.75 Å². The zero-order valence-corrected chi connectivity index (χ0v) is 11.8. The highest BCUT2D eigenvalue weighted by Gasteiger charge is 2.16. The highest BCUT2D eigenvalue weighted by Crippen LogP contribution is 2.20. The highest BCUT2D eigenvalue weighted by molar-refractivity contribution is 7.09. The fraction of sp³-hybridized carbons (Fsp3) is 0.214. The molecular formula is C14H14N4OS. The minimum atomic E-state index is -0.202. The molecule has 0 N–H and O–H groups in total. The zero-order valence-electron chi connectivity index (χ0n) is 11.0. The van der Waals surface area contributed by atoms with Crippen LogP contribution >= 0.6 is 11.3 Å². The molecule has 6 heteroatoms. The molecule has 2 aromatic heterocycles. The SMILES string of the molecule is CC(Oc1ccccc1)c1nnnn1Cc1cccs1. The van der Waals surface area contributed by atoms with E-state index in [-0.39, 0.29) is 6.10 Å². The molecule has 0 radical (unpaired) electrons. The third-order valence-electron chi connectivity index (χ3n) is 2.86. The normalized spacial score (nSPS) is 12.2. The molecular weight excluding hydrogens is 272 g/mol. The number of aromatic nitrogens is 4. The van der Waals surface area contributed by atoms with Gasteiger partial charge in [-0.15, -0.1) is 16.4 Å². The Bertz CT molecular complexity index is 651. The van der Waals surface area contributed by atoms with E-state index in [0.717, 1.165) is 11.6 Å². The van der Waals surface area contributed by atoms with Gasteiger partial charge in [-0.05, 0) is 40.9 Å². The molecule has 0 aliphatic heterocycles. The van der Waals surface area contributed by atoms with E-state index in [0.29, 0.717) is 6.54 Å². The van der Waals surface area contributed by atoms with Gasteiger partial charge in [0.1, 0.15) is 5.75 Å². The van der Waals surface area contributed by atoms with Gasteiger partial charge in [0.05, 0.1) is 6.54 Å². The van der Waals surface area contributed by atoms with Crippen LogP contribution < -0.4 is 4.74 Å². The third-order valence-corrected chi connectivity index (χ3v) is 3.73. The van der Waals surface area contributed by atoms with Gasteiger partial charge in [-0.3, -0.25) is 0 Å². The minimum absolute atomic E-state index is 0.202. The van der Waals surface area contributed by atoms with Crippen molar-refractivity contribution in [3.63, 3.8) is 0 Å². The van der Waals surface area contributed by atoms with Crippen molar-refractivity contribution in [3.05, 3.63) is 58.5 Å². The lowest BCUT2D eigenvalue weighted by Crippen LogP contribution is -2.13. The largest absolute Gasteiger partial charge is 0.483 e. The Kier molecular flexibility index (Phi) is 3.73. The van der Waals surface area contributed by atoms with E-state index in [1.165, 1.54) is 4.88 Å². The van der Waals surface area contributed by atoms with E-state index in [1.54, 1.807) is 16.0 Å². The van der Waals surface area contributed by atoms with E-state index in [9.17, 15) is 0 Å². The van der Waals surface area contributed by atoms with Gasteiger partial charge in [-0.1, -0.05) is 24.3 Å². The second-order valence-electron chi connectivity index (χ2n) is 4.35. The fourth-order valence-electron chi connectivity index (χ4n) is 1.92. The van der Waals surface area contributed by atoms with Crippen LogP contribution in [-0.4, -0.2) is 20.2 Å². The standard InChI is InChI=1S/C14H14N4OS/c1-11(19-12-6-3-2-4-7-12)14-15-16-17-18(14)10-13-8-5-9-20-13/h2-9,11H,10H2,1H3. The average Bonchev–Trinajstić information content (AvgIpc) is 3.12. The molecule has 0 amide bonds. The molecule has 1 aromatic carbocycles. The van der Waals surface area contributed by atoms with Crippen molar-refractivity contribution in [2.45, 2.75) is 19.6 Å². The number of para-hydroxylation sites is 1. The summed E-state index contributed by atoms with van der Waals surface area (Å²) in [5.41, 5.74) is 0. The predicted octanol–water partition coefficient (Wildman–Crippen LogP) is 2.92. The van der Waals surface area contributed by atoms with Crippen LogP contribution in [0, 0.1) is 0 Å². The van der Waals surface area contributed by atoms with Gasteiger partial charge in [-0.2, -0.15) is 0 Å². The van der Waals surface area contributed by atoms with Crippen molar-refractivity contribution >= 4 is 11.3 Å². The summed E-state index contributed by atoms with van der Waals surface area (Å²) in [7, 11) is 0. The lowest BCUT2D eigenvalue weighted by atomic mass is 10.3. The number of tetrazole rings is 1. The molecule has 0 aliphatic rings. The van der Waals surface area contributed by atoms with Crippen molar-refractivity contribution in [1.29, 1.82) is 0 Å². The smallest absolute Gasteiger partial charge is 0.192 e. The summed E-state index contributed by atoms with van der Waals surface area (Å²) in [6, 6.07) is 13.8. The third kappa shape index (κ3) is 2.85. The lowest BCUT2D eigenvalue weighted by Gasteiger charge is -2.13. The molecule has 0 aliphatic carbocycles. The Morgan fingerprint density at radius 2 is 2.05 bits per heavy atom. The van der Waals surface area contributed by atoms with E-state index < -0.39 is 0 Å². The summed E-state index contributed by atoms with van der Waals surface area (Å²) < 4.78 is 7.64. The van der Waals surface area contributed by atoms with E-state index >= 15 is 0 Å². The van der Waals surface area contributed by atoms with E-state index in [4.69, 9.17) is 4.74 Å². The first-order chi connectivity index (χ1) is 9.83. The van der Waals surface area contributed by atoms with Gasteiger partial charge in [-0.25, -0.2) is 4.68 Å². The topological polar surface area (TPSA) is 52.8 Å². The van der Waals surface area contributed by atoms with Crippen LogP contribution in [0.25, 0.3) is 0 Å². The molecule has 0 spiro atoms. The molecule has 3 rings (SSSR count). The quantitative estimate of drug-likeness (QED) is 0.723. The van der Waals surface area contributed by atoms with Crippen LogP contribution in [0.1, 0.15) is 23.7 Å². The number of benzene rings is 1. The van der Waals surface area contributed by atoms with Gasteiger partial charge in [0.25, 0.3) is 0 Å². The predicted molar refractivity (Wildman–Crippen MR) is 76.7 cm³/mol. The van der Waals surface area contributed by atoms with Gasteiger partial charge in [0, 0.05) is 4.88 Å². The Morgan fingerprint density at radius 1 is 1.20 bits per heavy atom. The number of rotatable bonds is 5. The van der Waals surface area contributed by atoms with E-state index in [2.05, 4.69) is 21.6 Å². The molecule has 0 saturated heterocycles. The maximum absolute atomic E-state index is 5.86. The molecule has 2 heterocycles. The Hall–Kier alpha value is -2.21. The summed E-state index contributed by atoms with van der Waals surface area (Å²) in [4.78, 5) is 1.21. The molecule has 1 unspecified atom stereocenters. The monoisotopic (exact) mass is 286 g/mol. The maximum Gasteiger partial charge on any atom is 0.192 e. The first-order valence-electron chi connectivity index (χ1n) is 6.33. The summed E-state index contributed by atoms with van der Waals surface area (Å²) in [5, 5.41) is 13.9. The molecule has 20 heavy (non-hydrogen) atoms. The second-order valence-corrected chi connectivity index (χ2v) is 5.38. The Balaban J connectivity index is 1.75. The van der Waals surface area contributed by atoms with Crippen LogP contribution in [-0.2, 0) is 6.54 Å². The number of thiophene rings is 1. The molecule has 0 saturated carbocycles. The van der Waals surface area contributed by atoms with Crippen LogP contribution in [0.3, 0.4) is 0 Å². The number of hydrogen-bond donors (Lipinski definition) is 0. The average molecular weight is 286 g/mol. The van der Waals surface area contributed by atoms with Gasteiger partial charge >= 0.3 is 0 Å². The Labute approximate surface area is 120 Å². The number of hydrogen-bond acceptors (Lipinski definition) is 5. The number of ether oxygens (including phenoxy) is 1. The first kappa shape index (κ1) is 12.8. The zero-order chi connectivity index (χ0) is 13.8. The summed E-state index contributed by atoms with van der Waals surface area (Å²) in [6.07, 6.45) is -0.202. The van der Waals surface area contributed by atoms with Crippen molar-refractivity contribution in [1.82, 2.24) is 20.2 Å². The molecule has 1 atom stereocenters. The van der Waals surface area contributed by atoms with Crippen LogP contribution in [0.5, 0.6) is 5.75 Å². The number of nitrogens with zero attached hydrogens (tertiary/aromatic N) is 4. The van der Waals surface area contributed by atoms with E-state index in [1.807, 2.05) is 48.7 Å². The highest BCUT2D eigenvalue weighted by atomic mass is 32.1. The first-order valence-corrected chi connectivity index (χ1v) is 7.21. The minimum Gasteiger partial charge on any atom is -0.483 e. The van der Waals surface area contributed by atoms with Crippen molar-refractivity contribution < 1.29 is 4.74 Å². The molecule has 3 aromatic rings. The molecule has 0 fully saturated rings.